The van der Waals surface area contributed by atoms with E-state index in [1.807, 2.05) is 11.4 Å². The molecular weight excluding hydrogens is 148 g/mol. The van der Waals surface area contributed by atoms with Crippen molar-refractivity contribution in [2.45, 2.75) is 12.5 Å². The predicted octanol–water partition coefficient (Wildman–Crippen LogP) is 1.56. The molecule has 1 unspecified atom stereocenters. The molecule has 0 aromatic carbocycles. The molecular formula is C7H8O2S. The van der Waals surface area contributed by atoms with Crippen LogP contribution in [0.1, 0.15) is 17.4 Å². The summed E-state index contributed by atoms with van der Waals surface area (Å²) < 4.78 is 5.28. The monoisotopic (exact) mass is 156 g/mol. The van der Waals surface area contributed by atoms with E-state index >= 15 is 0 Å². The van der Waals surface area contributed by atoms with E-state index in [-0.39, 0.29) is 6.10 Å². The molecule has 0 radical (unpaired) electrons. The fourth-order valence-electron chi connectivity index (χ4n) is 1.08. The quantitative estimate of drug-likeness (QED) is 0.617. The lowest BCUT2D eigenvalue weighted by Gasteiger charge is -2.17. The van der Waals surface area contributed by atoms with Crippen LogP contribution in [0.3, 0.4) is 0 Å². The van der Waals surface area contributed by atoms with Gasteiger partial charge in [-0.05, 0) is 11.4 Å². The van der Waals surface area contributed by atoms with E-state index in [0.717, 1.165) is 17.0 Å². The number of thiophene rings is 1. The van der Waals surface area contributed by atoms with Crippen LogP contribution in [0.25, 0.3) is 0 Å². The lowest BCUT2D eigenvalue weighted by Crippen LogP contribution is -2.10. The molecule has 0 fully saturated rings. The summed E-state index contributed by atoms with van der Waals surface area (Å²) in [6.45, 7) is 0.644. The van der Waals surface area contributed by atoms with Crippen LogP contribution in [0.5, 0.6) is 5.75 Å². The number of ether oxygens (including phenoxy) is 1. The SMILES string of the molecule is OC1CCOc2ccsc21. The number of hydrogen-bond acceptors (Lipinski definition) is 3. The standard InChI is InChI=1S/C7H8O2S/c8-5-1-3-9-6-2-4-10-7(5)6/h2,4-5,8H,1,3H2. The zero-order valence-corrected chi connectivity index (χ0v) is 6.23. The Morgan fingerprint density at radius 3 is 3.40 bits per heavy atom. The molecule has 1 N–H and O–H groups in total. The van der Waals surface area contributed by atoms with E-state index in [1.54, 1.807) is 11.3 Å². The van der Waals surface area contributed by atoms with E-state index in [1.165, 1.54) is 0 Å². The van der Waals surface area contributed by atoms with E-state index in [0.29, 0.717) is 6.61 Å². The molecule has 0 bridgehead atoms. The highest BCUT2D eigenvalue weighted by molar-refractivity contribution is 7.10. The molecule has 1 aromatic rings. The van der Waals surface area contributed by atoms with E-state index < -0.39 is 0 Å². The largest absolute Gasteiger partial charge is 0.492 e. The van der Waals surface area contributed by atoms with Gasteiger partial charge in [-0.3, -0.25) is 0 Å². The molecule has 54 valence electrons. The first-order chi connectivity index (χ1) is 4.88. The minimum Gasteiger partial charge on any atom is -0.492 e. The van der Waals surface area contributed by atoms with Crippen LogP contribution in [0.15, 0.2) is 11.4 Å². The van der Waals surface area contributed by atoms with Crippen LogP contribution in [-0.4, -0.2) is 11.7 Å². The average molecular weight is 156 g/mol. The van der Waals surface area contributed by atoms with E-state index in [9.17, 15) is 5.11 Å². The highest BCUT2D eigenvalue weighted by Crippen LogP contribution is 2.35. The Morgan fingerprint density at radius 2 is 2.60 bits per heavy atom. The molecule has 2 heterocycles. The van der Waals surface area contributed by atoms with Gasteiger partial charge in [-0.2, -0.15) is 0 Å². The van der Waals surface area contributed by atoms with Gasteiger partial charge in [0.1, 0.15) is 5.75 Å². The molecule has 2 rings (SSSR count). The van der Waals surface area contributed by atoms with Crippen LogP contribution in [0, 0.1) is 0 Å². The van der Waals surface area contributed by atoms with E-state index in [2.05, 4.69) is 0 Å². The van der Waals surface area contributed by atoms with Gasteiger partial charge in [0.15, 0.2) is 0 Å². The molecule has 3 heteroatoms. The lowest BCUT2D eigenvalue weighted by molar-refractivity contribution is 0.120. The molecule has 0 spiro atoms. The second-order valence-electron chi connectivity index (χ2n) is 2.30. The van der Waals surface area contributed by atoms with Gasteiger partial charge >= 0.3 is 0 Å². The Labute approximate surface area is 63.1 Å². The van der Waals surface area contributed by atoms with Crippen molar-refractivity contribution in [3.63, 3.8) is 0 Å². The average Bonchev–Trinajstić information content (AvgIpc) is 2.36. The molecule has 2 nitrogen and oxygen atoms in total. The molecule has 0 saturated heterocycles. The highest BCUT2D eigenvalue weighted by Gasteiger charge is 2.19. The first kappa shape index (κ1) is 6.19. The van der Waals surface area contributed by atoms with Crippen molar-refractivity contribution in [1.82, 2.24) is 0 Å². The second kappa shape index (κ2) is 2.25. The summed E-state index contributed by atoms with van der Waals surface area (Å²) in [6, 6.07) is 1.91. The summed E-state index contributed by atoms with van der Waals surface area (Å²) in [5.41, 5.74) is 0. The molecule has 1 aliphatic heterocycles. The smallest absolute Gasteiger partial charge is 0.135 e. The first-order valence-corrected chi connectivity index (χ1v) is 4.14. The van der Waals surface area contributed by atoms with Gasteiger partial charge in [-0.25, -0.2) is 0 Å². The van der Waals surface area contributed by atoms with Gasteiger partial charge in [-0.15, -0.1) is 11.3 Å². The van der Waals surface area contributed by atoms with Crippen LogP contribution in [-0.2, 0) is 0 Å². The van der Waals surface area contributed by atoms with Crippen LogP contribution in [0.4, 0.5) is 0 Å². The highest BCUT2D eigenvalue weighted by atomic mass is 32.1. The molecule has 0 aliphatic carbocycles. The van der Waals surface area contributed by atoms with Crippen molar-refractivity contribution in [2.24, 2.45) is 0 Å². The maximum atomic E-state index is 9.38. The normalized spacial score (nSPS) is 23.5. The predicted molar refractivity (Wildman–Crippen MR) is 39.4 cm³/mol. The number of hydrogen-bond donors (Lipinski definition) is 1. The second-order valence-corrected chi connectivity index (χ2v) is 3.25. The Balaban J connectivity index is 2.41. The third-order valence-corrected chi connectivity index (χ3v) is 2.61. The molecule has 1 atom stereocenters. The molecule has 10 heavy (non-hydrogen) atoms. The summed E-state index contributed by atoms with van der Waals surface area (Å²) in [4.78, 5) is 0.978. The Hall–Kier alpha value is -0.540. The molecule has 1 aliphatic rings. The fourth-order valence-corrected chi connectivity index (χ4v) is 1.94. The number of aliphatic hydroxyl groups excluding tert-OH is 1. The van der Waals surface area contributed by atoms with Crippen molar-refractivity contribution >= 4 is 11.3 Å². The van der Waals surface area contributed by atoms with Crippen molar-refractivity contribution < 1.29 is 9.84 Å². The lowest BCUT2D eigenvalue weighted by atomic mass is 10.2. The van der Waals surface area contributed by atoms with Crippen LogP contribution >= 0.6 is 11.3 Å². The first-order valence-electron chi connectivity index (χ1n) is 3.26. The van der Waals surface area contributed by atoms with Crippen molar-refractivity contribution in [2.75, 3.05) is 6.61 Å². The van der Waals surface area contributed by atoms with E-state index in [4.69, 9.17) is 4.74 Å². The summed E-state index contributed by atoms with van der Waals surface area (Å²) >= 11 is 1.56. The van der Waals surface area contributed by atoms with Crippen LogP contribution in [0.2, 0.25) is 0 Å². The third kappa shape index (κ3) is 0.822. The summed E-state index contributed by atoms with van der Waals surface area (Å²) in [6.07, 6.45) is 0.441. The van der Waals surface area contributed by atoms with Gasteiger partial charge < -0.3 is 9.84 Å². The molecule has 1 aromatic heterocycles. The minimum atomic E-state index is -0.288. The van der Waals surface area contributed by atoms with Crippen molar-refractivity contribution in [1.29, 1.82) is 0 Å². The van der Waals surface area contributed by atoms with Crippen LogP contribution < -0.4 is 4.74 Å². The van der Waals surface area contributed by atoms with Gasteiger partial charge in [0, 0.05) is 6.42 Å². The number of aliphatic hydroxyl groups is 1. The Kier molecular flexibility index (Phi) is 1.39. The van der Waals surface area contributed by atoms with Crippen molar-refractivity contribution in [3.8, 4) is 5.75 Å². The fraction of sp³-hybridized carbons (Fsp3) is 0.429. The van der Waals surface area contributed by atoms with Gasteiger partial charge in [-0.1, -0.05) is 0 Å². The Bertz CT molecular complexity index is 231. The summed E-state index contributed by atoms with van der Waals surface area (Å²) in [5, 5.41) is 11.3. The maximum absolute atomic E-state index is 9.38. The van der Waals surface area contributed by atoms with Gasteiger partial charge in [0.05, 0.1) is 17.6 Å². The maximum Gasteiger partial charge on any atom is 0.135 e. The van der Waals surface area contributed by atoms with Crippen molar-refractivity contribution in [3.05, 3.63) is 16.3 Å². The zero-order valence-electron chi connectivity index (χ0n) is 5.41. The molecule has 0 saturated carbocycles. The van der Waals surface area contributed by atoms with Gasteiger partial charge in [0.2, 0.25) is 0 Å². The molecule has 0 amide bonds. The minimum absolute atomic E-state index is 0.288. The summed E-state index contributed by atoms with van der Waals surface area (Å²) in [7, 11) is 0. The topological polar surface area (TPSA) is 29.5 Å². The number of fused-ring (bicyclic) bond motifs is 1. The van der Waals surface area contributed by atoms with Gasteiger partial charge in [0.25, 0.3) is 0 Å². The summed E-state index contributed by atoms with van der Waals surface area (Å²) in [5.74, 6) is 0.865. The Morgan fingerprint density at radius 1 is 1.70 bits per heavy atom. The third-order valence-electron chi connectivity index (χ3n) is 1.61. The zero-order chi connectivity index (χ0) is 6.97. The number of rotatable bonds is 0.